The van der Waals surface area contributed by atoms with Crippen molar-refractivity contribution in [1.82, 2.24) is 15.1 Å². The van der Waals surface area contributed by atoms with E-state index < -0.39 is 0 Å². The predicted octanol–water partition coefficient (Wildman–Crippen LogP) is 5.57. The lowest BCUT2D eigenvalue weighted by molar-refractivity contribution is 0.0950. The molecule has 0 atom stereocenters. The number of amides is 1. The number of rotatable bonds is 8. The number of carbonyl (C=O) groups excluding carboxylic acids is 1. The van der Waals surface area contributed by atoms with Gasteiger partial charge in [0.15, 0.2) is 0 Å². The van der Waals surface area contributed by atoms with Crippen LogP contribution in [0.1, 0.15) is 33.6 Å². The Morgan fingerprint density at radius 2 is 1.70 bits per heavy atom. The van der Waals surface area contributed by atoms with Gasteiger partial charge in [0.1, 0.15) is 6.07 Å². The summed E-state index contributed by atoms with van der Waals surface area (Å²) < 4.78 is 1.90. The summed E-state index contributed by atoms with van der Waals surface area (Å²) in [6.45, 7) is 2.59. The van der Waals surface area contributed by atoms with Crippen LogP contribution in [0.5, 0.6) is 0 Å². The Hall–Kier alpha value is -3.82. The molecular weight excluding hydrogens is 428 g/mol. The zero-order chi connectivity index (χ0) is 23.0. The molecule has 1 amide bonds. The van der Waals surface area contributed by atoms with E-state index in [1.807, 2.05) is 84.4 Å². The van der Waals surface area contributed by atoms with Crippen LogP contribution in [0, 0.1) is 18.3 Å². The molecule has 4 aromatic rings. The summed E-state index contributed by atoms with van der Waals surface area (Å²) >= 11 is 1.44. The lowest BCUT2D eigenvalue weighted by Crippen LogP contribution is -2.25. The maximum Gasteiger partial charge on any atom is 0.252 e. The predicted molar refractivity (Wildman–Crippen MR) is 131 cm³/mol. The Morgan fingerprint density at radius 1 is 1.00 bits per heavy atom. The Bertz CT molecular complexity index is 1290. The van der Waals surface area contributed by atoms with Gasteiger partial charge in [-0.2, -0.15) is 10.4 Å². The fourth-order valence-electron chi connectivity index (χ4n) is 3.54. The summed E-state index contributed by atoms with van der Waals surface area (Å²) in [7, 11) is 0. The van der Waals surface area contributed by atoms with Gasteiger partial charge in [-0.1, -0.05) is 54.2 Å². The minimum absolute atomic E-state index is 0.107. The average Bonchev–Trinajstić information content (AvgIpc) is 3.23. The average molecular weight is 453 g/mol. The van der Waals surface area contributed by atoms with Crippen LogP contribution in [-0.2, 0) is 6.42 Å². The van der Waals surface area contributed by atoms with Crippen molar-refractivity contribution in [1.29, 1.82) is 5.26 Å². The molecule has 0 aliphatic carbocycles. The molecular formula is C27H24N4OS. The van der Waals surface area contributed by atoms with Gasteiger partial charge in [-0.3, -0.25) is 4.79 Å². The van der Waals surface area contributed by atoms with Crippen LogP contribution >= 0.6 is 11.8 Å². The topological polar surface area (TPSA) is 70.7 Å². The van der Waals surface area contributed by atoms with Crippen molar-refractivity contribution in [3.63, 3.8) is 0 Å². The molecule has 0 spiro atoms. The molecule has 33 heavy (non-hydrogen) atoms. The van der Waals surface area contributed by atoms with Crippen molar-refractivity contribution < 1.29 is 4.79 Å². The lowest BCUT2D eigenvalue weighted by atomic mass is 10.1. The second-order valence-corrected chi connectivity index (χ2v) is 8.67. The second kappa shape index (κ2) is 10.7. The maximum absolute atomic E-state index is 12.9. The molecule has 0 aliphatic rings. The Labute approximate surface area is 198 Å². The molecule has 6 heteroatoms. The molecule has 0 aliphatic heterocycles. The number of aryl methyl sites for hydroxylation is 2. The second-order valence-electron chi connectivity index (χ2n) is 7.59. The summed E-state index contributed by atoms with van der Waals surface area (Å²) in [5.74, 6) is -0.107. The number of hydrogen-bond donors (Lipinski definition) is 1. The highest BCUT2D eigenvalue weighted by molar-refractivity contribution is 7.99. The Morgan fingerprint density at radius 3 is 2.48 bits per heavy atom. The number of benzene rings is 3. The quantitative estimate of drug-likeness (QED) is 0.355. The molecule has 1 N–H and O–H groups in total. The number of nitriles is 1. The molecule has 0 saturated carbocycles. The van der Waals surface area contributed by atoms with E-state index >= 15 is 0 Å². The lowest BCUT2D eigenvalue weighted by Gasteiger charge is -2.10. The molecule has 4 rings (SSSR count). The molecule has 1 aromatic heterocycles. The van der Waals surface area contributed by atoms with E-state index in [1.165, 1.54) is 17.3 Å². The molecule has 0 unspecified atom stereocenters. The van der Waals surface area contributed by atoms with Gasteiger partial charge in [0.25, 0.3) is 5.91 Å². The van der Waals surface area contributed by atoms with E-state index in [0.717, 1.165) is 34.0 Å². The van der Waals surface area contributed by atoms with Crippen LogP contribution in [0.4, 0.5) is 0 Å². The van der Waals surface area contributed by atoms with Gasteiger partial charge in [0, 0.05) is 22.5 Å². The monoisotopic (exact) mass is 452 g/mol. The van der Waals surface area contributed by atoms with Gasteiger partial charge < -0.3 is 5.32 Å². The molecule has 164 valence electrons. The first kappa shape index (κ1) is 22.4. The van der Waals surface area contributed by atoms with Crippen molar-refractivity contribution in [3.8, 4) is 11.8 Å². The number of nitrogens with one attached hydrogen (secondary N) is 1. The standard InChI is InChI=1S/C27H24N4OS/c1-20-22(19-31(30-20)23-12-3-2-4-13-23)11-9-17-29-27(32)24-14-6-8-16-26(24)33-25-15-7-5-10-21(25)18-28/h2-8,10,12-16,19H,9,11,17H2,1H3,(H,29,32). The molecule has 0 fully saturated rings. The minimum atomic E-state index is -0.107. The van der Waals surface area contributed by atoms with Gasteiger partial charge in [-0.25, -0.2) is 4.68 Å². The molecule has 0 saturated heterocycles. The highest BCUT2D eigenvalue weighted by Gasteiger charge is 2.13. The number of aromatic nitrogens is 2. The summed E-state index contributed by atoms with van der Waals surface area (Å²) in [6, 6.07) is 27.2. The first-order valence-electron chi connectivity index (χ1n) is 10.8. The van der Waals surface area contributed by atoms with Crippen LogP contribution in [0.25, 0.3) is 5.69 Å². The first-order chi connectivity index (χ1) is 16.2. The third-order valence-corrected chi connectivity index (χ3v) is 6.44. The van der Waals surface area contributed by atoms with Gasteiger partial charge in [-0.15, -0.1) is 0 Å². The number of carbonyl (C=O) groups is 1. The summed E-state index contributed by atoms with van der Waals surface area (Å²) in [5.41, 5.74) is 4.43. The summed E-state index contributed by atoms with van der Waals surface area (Å²) in [5, 5.41) is 17.0. The number of hydrogen-bond acceptors (Lipinski definition) is 4. The molecule has 0 bridgehead atoms. The molecule has 3 aromatic carbocycles. The third-order valence-electron chi connectivity index (χ3n) is 5.29. The Balaban J connectivity index is 1.36. The molecule has 0 radical (unpaired) electrons. The van der Waals surface area contributed by atoms with Crippen molar-refractivity contribution in [2.45, 2.75) is 29.6 Å². The van der Waals surface area contributed by atoms with Gasteiger partial charge >= 0.3 is 0 Å². The maximum atomic E-state index is 12.9. The van der Waals surface area contributed by atoms with Crippen LogP contribution in [0.15, 0.2) is 94.9 Å². The van der Waals surface area contributed by atoms with Crippen molar-refractivity contribution in [3.05, 3.63) is 107 Å². The van der Waals surface area contributed by atoms with Crippen LogP contribution in [0.3, 0.4) is 0 Å². The van der Waals surface area contributed by atoms with Crippen molar-refractivity contribution in [2.24, 2.45) is 0 Å². The van der Waals surface area contributed by atoms with Crippen LogP contribution in [0.2, 0.25) is 0 Å². The van der Waals surface area contributed by atoms with E-state index in [2.05, 4.69) is 22.7 Å². The molecule has 5 nitrogen and oxygen atoms in total. The SMILES string of the molecule is Cc1nn(-c2ccccc2)cc1CCCNC(=O)c1ccccc1Sc1ccccc1C#N. The highest BCUT2D eigenvalue weighted by atomic mass is 32.2. The largest absolute Gasteiger partial charge is 0.352 e. The first-order valence-corrected chi connectivity index (χ1v) is 11.6. The highest BCUT2D eigenvalue weighted by Crippen LogP contribution is 2.32. The normalized spacial score (nSPS) is 10.5. The van der Waals surface area contributed by atoms with Crippen LogP contribution in [-0.4, -0.2) is 22.2 Å². The van der Waals surface area contributed by atoms with Crippen molar-refractivity contribution >= 4 is 17.7 Å². The van der Waals surface area contributed by atoms with E-state index in [9.17, 15) is 10.1 Å². The smallest absolute Gasteiger partial charge is 0.252 e. The van der Waals surface area contributed by atoms with Crippen LogP contribution < -0.4 is 5.32 Å². The van der Waals surface area contributed by atoms with E-state index in [-0.39, 0.29) is 5.91 Å². The van der Waals surface area contributed by atoms with E-state index in [4.69, 9.17) is 0 Å². The fourth-order valence-corrected chi connectivity index (χ4v) is 4.56. The molecule has 1 heterocycles. The van der Waals surface area contributed by atoms with Gasteiger partial charge in [0.2, 0.25) is 0 Å². The summed E-state index contributed by atoms with van der Waals surface area (Å²) in [4.78, 5) is 14.5. The third kappa shape index (κ3) is 5.51. The summed E-state index contributed by atoms with van der Waals surface area (Å²) in [6.07, 6.45) is 3.72. The fraction of sp³-hybridized carbons (Fsp3) is 0.148. The minimum Gasteiger partial charge on any atom is -0.352 e. The Kier molecular flexibility index (Phi) is 7.23. The van der Waals surface area contributed by atoms with Gasteiger partial charge in [-0.05, 0) is 61.7 Å². The zero-order valence-corrected chi connectivity index (χ0v) is 19.2. The zero-order valence-electron chi connectivity index (χ0n) is 18.4. The van der Waals surface area contributed by atoms with E-state index in [0.29, 0.717) is 17.7 Å². The van der Waals surface area contributed by atoms with E-state index in [1.54, 1.807) is 6.07 Å². The van der Waals surface area contributed by atoms with Gasteiger partial charge in [0.05, 0.1) is 22.5 Å². The van der Waals surface area contributed by atoms with Crippen molar-refractivity contribution in [2.75, 3.05) is 6.54 Å². The number of para-hydroxylation sites is 1. The number of nitrogens with zero attached hydrogens (tertiary/aromatic N) is 3.